The topological polar surface area (TPSA) is 186 Å². The van der Waals surface area contributed by atoms with E-state index in [4.69, 9.17) is 21.6 Å². The van der Waals surface area contributed by atoms with Gasteiger partial charge in [-0.3, -0.25) is 15.0 Å². The zero-order valence-corrected chi connectivity index (χ0v) is 21.0. The summed E-state index contributed by atoms with van der Waals surface area (Å²) in [6, 6.07) is 16.4. The van der Waals surface area contributed by atoms with E-state index < -0.39 is 44.9 Å². The van der Waals surface area contributed by atoms with E-state index in [1.165, 1.54) is 50.4 Å². The van der Waals surface area contributed by atoms with E-state index in [1.54, 1.807) is 18.2 Å². The fourth-order valence-electron chi connectivity index (χ4n) is 3.37. The first kappa shape index (κ1) is 27.5. The van der Waals surface area contributed by atoms with Crippen molar-refractivity contribution in [3.8, 4) is 5.75 Å². The van der Waals surface area contributed by atoms with Crippen molar-refractivity contribution in [3.63, 3.8) is 0 Å². The molecule has 0 aliphatic heterocycles. The van der Waals surface area contributed by atoms with Crippen molar-refractivity contribution >= 4 is 44.2 Å². The van der Waals surface area contributed by atoms with Crippen molar-refractivity contribution < 1.29 is 27.5 Å². The number of carbonyl (C=O) groups excluding carboxylic acids is 3. The van der Waals surface area contributed by atoms with E-state index in [0.717, 1.165) is 10.3 Å². The zero-order valence-electron chi connectivity index (χ0n) is 20.2. The average molecular weight is 526 g/mol. The summed E-state index contributed by atoms with van der Waals surface area (Å²) in [5.41, 5.74) is 11.5. The molecule has 11 nitrogen and oxygen atoms in total. The van der Waals surface area contributed by atoms with Crippen molar-refractivity contribution in [3.05, 3.63) is 72.3 Å². The first-order chi connectivity index (χ1) is 17.4. The molecule has 194 valence electrons. The fraction of sp³-hybridized carbons (Fsp3) is 0.200. The molecular weight excluding hydrogens is 498 g/mol. The third kappa shape index (κ3) is 6.55. The molecule has 37 heavy (non-hydrogen) atoms. The molecule has 2 atom stereocenters. The number of esters is 1. The highest BCUT2D eigenvalue weighted by Gasteiger charge is 2.31. The predicted octanol–water partition coefficient (Wildman–Crippen LogP) is 0.751. The van der Waals surface area contributed by atoms with Gasteiger partial charge in [0.25, 0.3) is 5.91 Å². The van der Waals surface area contributed by atoms with Crippen LogP contribution in [-0.4, -0.2) is 61.9 Å². The summed E-state index contributed by atoms with van der Waals surface area (Å²) < 4.78 is 31.0. The number of likely N-dealkylation sites (N-methyl/N-ethyl adjacent to an activating group) is 1. The molecule has 0 saturated carbocycles. The minimum absolute atomic E-state index is 0.111. The number of ether oxygens (including phenoxy) is 1. The van der Waals surface area contributed by atoms with E-state index in [9.17, 15) is 22.8 Å². The Kier molecular flexibility index (Phi) is 8.38. The van der Waals surface area contributed by atoms with Crippen LogP contribution in [0.4, 0.5) is 0 Å². The van der Waals surface area contributed by atoms with Crippen LogP contribution in [0.3, 0.4) is 0 Å². The normalized spacial score (nSPS) is 12.9. The number of nitrogens with zero attached hydrogens (tertiary/aromatic N) is 1. The second-order valence-electron chi connectivity index (χ2n) is 8.32. The second kappa shape index (κ2) is 11.3. The average Bonchev–Trinajstić information content (AvgIpc) is 2.87. The summed E-state index contributed by atoms with van der Waals surface area (Å²) in [6.07, 6.45) is 0. The van der Waals surface area contributed by atoms with Gasteiger partial charge in [0, 0.05) is 12.6 Å². The number of nitrogens with two attached hydrogens (primary N) is 2. The van der Waals surface area contributed by atoms with Crippen molar-refractivity contribution in [2.45, 2.75) is 23.2 Å². The molecule has 0 radical (unpaired) electrons. The quantitative estimate of drug-likeness (QED) is 0.144. The van der Waals surface area contributed by atoms with Gasteiger partial charge >= 0.3 is 5.97 Å². The van der Waals surface area contributed by atoms with E-state index in [0.29, 0.717) is 5.39 Å². The number of fused-ring (bicyclic) bond motifs is 1. The van der Waals surface area contributed by atoms with Crippen LogP contribution < -0.4 is 21.5 Å². The SMILES string of the molecule is C[C@H](N)C(=O)N(C)CC(=O)Oc1ccc(C(=N)NC(=O)C(N)S(=O)(=O)c2ccc3ccccc3c2)cc1. The third-order valence-corrected chi connectivity index (χ3v) is 7.19. The molecule has 0 aromatic heterocycles. The summed E-state index contributed by atoms with van der Waals surface area (Å²) in [5, 5.41) is 9.88. The highest BCUT2D eigenvalue weighted by atomic mass is 32.2. The second-order valence-corrected chi connectivity index (χ2v) is 10.4. The molecule has 3 aromatic rings. The summed E-state index contributed by atoms with van der Waals surface area (Å²) >= 11 is 0. The Bertz CT molecular complexity index is 1450. The van der Waals surface area contributed by atoms with Gasteiger partial charge in [-0.25, -0.2) is 13.2 Å². The minimum Gasteiger partial charge on any atom is -0.425 e. The predicted molar refractivity (Wildman–Crippen MR) is 137 cm³/mol. The van der Waals surface area contributed by atoms with E-state index in [-0.39, 0.29) is 22.8 Å². The number of carbonyl (C=O) groups is 3. The van der Waals surface area contributed by atoms with Crippen LogP contribution in [0.2, 0.25) is 0 Å². The van der Waals surface area contributed by atoms with Crippen molar-refractivity contribution in [2.24, 2.45) is 11.5 Å². The molecule has 0 saturated heterocycles. The first-order valence-corrected chi connectivity index (χ1v) is 12.6. The Morgan fingerprint density at radius 1 is 1.00 bits per heavy atom. The van der Waals surface area contributed by atoms with Gasteiger partial charge in [-0.2, -0.15) is 0 Å². The van der Waals surface area contributed by atoms with Gasteiger partial charge in [0.1, 0.15) is 18.1 Å². The molecule has 1 unspecified atom stereocenters. The van der Waals surface area contributed by atoms with Crippen LogP contribution in [0.25, 0.3) is 10.8 Å². The van der Waals surface area contributed by atoms with E-state index in [1.807, 2.05) is 12.1 Å². The van der Waals surface area contributed by atoms with Crippen LogP contribution in [0.5, 0.6) is 5.75 Å². The van der Waals surface area contributed by atoms with E-state index >= 15 is 0 Å². The van der Waals surface area contributed by atoms with Gasteiger partial charge in [-0.05, 0) is 54.1 Å². The smallest absolute Gasteiger partial charge is 0.331 e. The molecule has 6 N–H and O–H groups in total. The van der Waals surface area contributed by atoms with Gasteiger partial charge in [-0.1, -0.05) is 30.3 Å². The molecule has 0 bridgehead atoms. The van der Waals surface area contributed by atoms with Crippen molar-refractivity contribution in [2.75, 3.05) is 13.6 Å². The highest BCUT2D eigenvalue weighted by Crippen LogP contribution is 2.21. The molecule has 3 rings (SSSR count). The molecule has 0 heterocycles. The van der Waals surface area contributed by atoms with Crippen LogP contribution in [0, 0.1) is 5.41 Å². The lowest BCUT2D eigenvalue weighted by Crippen LogP contribution is -2.47. The largest absolute Gasteiger partial charge is 0.425 e. The Balaban J connectivity index is 1.62. The van der Waals surface area contributed by atoms with Gasteiger partial charge in [0.15, 0.2) is 5.37 Å². The molecule has 3 aromatic carbocycles. The number of amidine groups is 1. The summed E-state index contributed by atoms with van der Waals surface area (Å²) in [7, 11) is -2.80. The summed E-state index contributed by atoms with van der Waals surface area (Å²) in [4.78, 5) is 37.4. The van der Waals surface area contributed by atoms with Crippen LogP contribution >= 0.6 is 0 Å². The zero-order chi connectivity index (χ0) is 27.3. The first-order valence-electron chi connectivity index (χ1n) is 11.1. The number of hydrogen-bond donors (Lipinski definition) is 4. The van der Waals surface area contributed by atoms with Crippen LogP contribution in [0.1, 0.15) is 12.5 Å². The fourth-order valence-corrected chi connectivity index (χ4v) is 4.55. The number of rotatable bonds is 8. The molecule has 0 fully saturated rings. The summed E-state index contributed by atoms with van der Waals surface area (Å²) in [5.74, 6) is -2.44. The maximum absolute atomic E-state index is 12.9. The van der Waals surface area contributed by atoms with Gasteiger partial charge in [0.05, 0.1) is 10.9 Å². The lowest BCUT2D eigenvalue weighted by atomic mass is 10.1. The standard InChI is InChI=1S/C25H27N5O6S/c1-15(26)25(33)30(2)14-21(31)36-19-10-7-17(8-11-19)22(27)29-24(32)23(28)37(34,35)20-12-9-16-5-3-4-6-18(16)13-20/h3-13,15,23H,14,26,28H2,1-2H3,(H2,27,29,32)/t15-,23?/m0/s1. The molecule has 2 amide bonds. The van der Waals surface area contributed by atoms with Gasteiger partial charge in [-0.15, -0.1) is 0 Å². The maximum atomic E-state index is 12.9. The molecule has 0 aliphatic carbocycles. The van der Waals surface area contributed by atoms with Gasteiger partial charge in [0.2, 0.25) is 15.7 Å². The Morgan fingerprint density at radius 2 is 1.62 bits per heavy atom. The Labute approximate surface area is 213 Å². The lowest BCUT2D eigenvalue weighted by molar-refractivity contribution is -0.141. The lowest BCUT2D eigenvalue weighted by Gasteiger charge is -2.18. The molecular formula is C25H27N5O6S. The molecule has 0 aliphatic rings. The minimum atomic E-state index is -4.22. The highest BCUT2D eigenvalue weighted by molar-refractivity contribution is 7.92. The number of amides is 2. The number of benzene rings is 3. The maximum Gasteiger partial charge on any atom is 0.331 e. The molecule has 12 heteroatoms. The van der Waals surface area contributed by atoms with E-state index in [2.05, 4.69) is 5.32 Å². The van der Waals surface area contributed by atoms with Gasteiger partial charge < -0.3 is 26.4 Å². The third-order valence-electron chi connectivity index (χ3n) is 5.40. The van der Waals surface area contributed by atoms with Crippen molar-refractivity contribution in [1.82, 2.24) is 10.2 Å². The number of nitrogens with one attached hydrogen (secondary N) is 2. The Morgan fingerprint density at radius 3 is 2.24 bits per heavy atom. The van der Waals surface area contributed by atoms with Crippen molar-refractivity contribution in [1.29, 1.82) is 5.41 Å². The number of hydrogen-bond acceptors (Lipinski definition) is 9. The summed E-state index contributed by atoms with van der Waals surface area (Å²) in [6.45, 7) is 1.19. The molecule has 0 spiro atoms. The Hall–Kier alpha value is -4.13. The number of sulfone groups is 1. The monoisotopic (exact) mass is 525 g/mol. The van der Waals surface area contributed by atoms with Crippen LogP contribution in [-0.2, 0) is 24.2 Å². The van der Waals surface area contributed by atoms with Crippen LogP contribution in [0.15, 0.2) is 71.6 Å².